The van der Waals surface area contributed by atoms with Gasteiger partial charge in [0.1, 0.15) is 6.04 Å². The molecular weight excluding hydrogens is 340 g/mol. The van der Waals surface area contributed by atoms with Crippen LogP contribution < -0.4 is 10.6 Å². The second-order valence-corrected chi connectivity index (χ2v) is 6.11. The van der Waals surface area contributed by atoms with E-state index in [0.717, 1.165) is 27.0 Å². The minimum atomic E-state index is -0.387. The van der Waals surface area contributed by atoms with Crippen LogP contribution in [0.15, 0.2) is 40.9 Å². The Morgan fingerprint density at radius 1 is 1.25 bits per heavy atom. The number of halogens is 2. The third kappa shape index (κ3) is 2.41. The average Bonchev–Trinajstić information content (AvgIpc) is 2.69. The Hall–Kier alpha value is -1.52. The molecule has 0 bridgehead atoms. The maximum absolute atomic E-state index is 12.1. The summed E-state index contributed by atoms with van der Waals surface area (Å²) >= 11 is 9.39. The number of anilines is 2. The van der Waals surface area contributed by atoms with Crippen molar-refractivity contribution in [2.75, 3.05) is 10.6 Å². The van der Waals surface area contributed by atoms with Crippen molar-refractivity contribution >= 4 is 44.8 Å². The van der Waals surface area contributed by atoms with E-state index in [-0.39, 0.29) is 11.9 Å². The zero-order chi connectivity index (χ0) is 14.3. The van der Waals surface area contributed by atoms with Gasteiger partial charge in [-0.25, -0.2) is 0 Å². The average molecular weight is 352 g/mol. The lowest BCUT2D eigenvalue weighted by Crippen LogP contribution is -2.20. The Kier molecular flexibility index (Phi) is 3.44. The van der Waals surface area contributed by atoms with Gasteiger partial charge in [-0.1, -0.05) is 27.5 Å². The van der Waals surface area contributed by atoms with E-state index in [2.05, 4.69) is 26.6 Å². The van der Waals surface area contributed by atoms with Crippen molar-refractivity contribution < 1.29 is 4.79 Å². The summed E-state index contributed by atoms with van der Waals surface area (Å²) in [5.74, 6) is -0.0487. The normalized spacial score (nSPS) is 16.8. The summed E-state index contributed by atoms with van der Waals surface area (Å²) in [6, 6.07) is 11.0. The number of hydrogen-bond donors (Lipinski definition) is 2. The van der Waals surface area contributed by atoms with Crippen molar-refractivity contribution in [1.29, 1.82) is 0 Å². The van der Waals surface area contributed by atoms with E-state index in [0.29, 0.717) is 5.02 Å². The van der Waals surface area contributed by atoms with Crippen LogP contribution in [0.3, 0.4) is 0 Å². The molecule has 2 aromatic rings. The van der Waals surface area contributed by atoms with Crippen molar-refractivity contribution in [3.8, 4) is 0 Å². The maximum atomic E-state index is 12.1. The van der Waals surface area contributed by atoms with Crippen molar-refractivity contribution in [2.45, 2.75) is 13.0 Å². The fourth-order valence-electron chi connectivity index (χ4n) is 2.32. The molecule has 20 heavy (non-hydrogen) atoms. The molecule has 1 heterocycles. The van der Waals surface area contributed by atoms with Gasteiger partial charge in [0.2, 0.25) is 0 Å². The first kappa shape index (κ1) is 13.5. The Bertz CT molecular complexity index is 702. The standard InChI is InChI=1S/C15H12BrClN2O/c1-8-6-10(17)3-5-12(8)18-14-11-7-9(16)2-4-13(11)19-15(14)20/h2-7,14,18H,1H3,(H,19,20). The first-order valence-corrected chi connectivity index (χ1v) is 7.35. The second-order valence-electron chi connectivity index (χ2n) is 4.76. The largest absolute Gasteiger partial charge is 0.370 e. The van der Waals surface area contributed by atoms with Crippen LogP contribution in [-0.4, -0.2) is 5.91 Å². The van der Waals surface area contributed by atoms with Gasteiger partial charge in [-0.05, 0) is 48.9 Å². The molecule has 3 rings (SSSR count). The zero-order valence-corrected chi connectivity index (χ0v) is 13.0. The van der Waals surface area contributed by atoms with Gasteiger partial charge in [-0.15, -0.1) is 0 Å². The van der Waals surface area contributed by atoms with E-state index in [1.54, 1.807) is 0 Å². The predicted octanol–water partition coefficient (Wildman–Crippen LogP) is 4.52. The smallest absolute Gasteiger partial charge is 0.251 e. The maximum Gasteiger partial charge on any atom is 0.251 e. The molecule has 1 unspecified atom stereocenters. The van der Waals surface area contributed by atoms with Gasteiger partial charge < -0.3 is 10.6 Å². The van der Waals surface area contributed by atoms with Crippen molar-refractivity contribution in [2.24, 2.45) is 0 Å². The summed E-state index contributed by atoms with van der Waals surface area (Å²) in [5, 5.41) is 6.84. The van der Waals surface area contributed by atoms with Gasteiger partial charge >= 0.3 is 0 Å². The number of fused-ring (bicyclic) bond motifs is 1. The number of carbonyl (C=O) groups excluding carboxylic acids is 1. The van der Waals surface area contributed by atoms with E-state index in [9.17, 15) is 4.79 Å². The summed E-state index contributed by atoms with van der Waals surface area (Å²) in [6.07, 6.45) is 0. The van der Waals surface area contributed by atoms with Crippen molar-refractivity contribution in [3.63, 3.8) is 0 Å². The van der Waals surface area contributed by atoms with Crippen LogP contribution in [-0.2, 0) is 4.79 Å². The molecule has 1 aliphatic rings. The Balaban J connectivity index is 1.95. The summed E-state index contributed by atoms with van der Waals surface area (Å²) in [4.78, 5) is 12.1. The van der Waals surface area contributed by atoms with Crippen LogP contribution in [0.2, 0.25) is 5.02 Å². The number of nitrogens with one attached hydrogen (secondary N) is 2. The SMILES string of the molecule is Cc1cc(Cl)ccc1NC1C(=O)Nc2ccc(Br)cc21. The molecule has 1 aliphatic heterocycles. The minimum Gasteiger partial charge on any atom is -0.370 e. The number of carbonyl (C=O) groups is 1. The molecule has 0 spiro atoms. The van der Waals surface area contributed by atoms with Gasteiger partial charge in [0, 0.05) is 26.4 Å². The molecule has 0 fully saturated rings. The van der Waals surface area contributed by atoms with E-state index < -0.39 is 0 Å². The van der Waals surface area contributed by atoms with E-state index in [1.165, 1.54) is 0 Å². The topological polar surface area (TPSA) is 41.1 Å². The molecule has 2 N–H and O–H groups in total. The summed E-state index contributed by atoms with van der Waals surface area (Å²) < 4.78 is 0.951. The van der Waals surface area contributed by atoms with E-state index in [4.69, 9.17) is 11.6 Å². The zero-order valence-electron chi connectivity index (χ0n) is 10.7. The third-order valence-corrected chi connectivity index (χ3v) is 4.06. The lowest BCUT2D eigenvalue weighted by molar-refractivity contribution is -0.116. The molecular formula is C15H12BrClN2O. The van der Waals surface area contributed by atoms with Crippen LogP contribution in [0.25, 0.3) is 0 Å². The predicted molar refractivity (Wildman–Crippen MR) is 85.3 cm³/mol. The monoisotopic (exact) mass is 350 g/mol. The molecule has 0 saturated heterocycles. The fourth-order valence-corrected chi connectivity index (χ4v) is 2.93. The highest BCUT2D eigenvalue weighted by Crippen LogP contribution is 2.36. The minimum absolute atomic E-state index is 0.0487. The molecule has 0 radical (unpaired) electrons. The second kappa shape index (κ2) is 5.11. The highest BCUT2D eigenvalue weighted by molar-refractivity contribution is 9.10. The summed E-state index contributed by atoms with van der Waals surface area (Å²) in [5.41, 5.74) is 3.71. The molecule has 0 saturated carbocycles. The molecule has 102 valence electrons. The Morgan fingerprint density at radius 2 is 2.05 bits per heavy atom. The Morgan fingerprint density at radius 3 is 2.80 bits per heavy atom. The highest BCUT2D eigenvalue weighted by atomic mass is 79.9. The van der Waals surface area contributed by atoms with Crippen molar-refractivity contribution in [3.05, 3.63) is 57.0 Å². The van der Waals surface area contributed by atoms with Gasteiger partial charge in [-0.2, -0.15) is 0 Å². The lowest BCUT2D eigenvalue weighted by Gasteiger charge is -2.15. The first-order valence-electron chi connectivity index (χ1n) is 6.17. The summed E-state index contributed by atoms with van der Waals surface area (Å²) in [7, 11) is 0. The van der Waals surface area contributed by atoms with E-state index >= 15 is 0 Å². The van der Waals surface area contributed by atoms with Crippen LogP contribution in [0.5, 0.6) is 0 Å². The third-order valence-electron chi connectivity index (χ3n) is 3.33. The number of amides is 1. The fraction of sp³-hybridized carbons (Fsp3) is 0.133. The first-order chi connectivity index (χ1) is 9.54. The number of hydrogen-bond acceptors (Lipinski definition) is 2. The molecule has 1 atom stereocenters. The summed E-state index contributed by atoms with van der Waals surface area (Å²) in [6.45, 7) is 1.96. The van der Waals surface area contributed by atoms with Crippen LogP contribution in [0, 0.1) is 6.92 Å². The number of rotatable bonds is 2. The molecule has 2 aromatic carbocycles. The van der Waals surface area contributed by atoms with Crippen LogP contribution in [0.1, 0.15) is 17.2 Å². The van der Waals surface area contributed by atoms with Gasteiger partial charge in [0.05, 0.1) is 0 Å². The van der Waals surface area contributed by atoms with Crippen molar-refractivity contribution in [1.82, 2.24) is 0 Å². The Labute approximate surface area is 130 Å². The number of benzene rings is 2. The van der Waals surface area contributed by atoms with Gasteiger partial charge in [0.15, 0.2) is 0 Å². The molecule has 0 aliphatic carbocycles. The van der Waals surface area contributed by atoms with E-state index in [1.807, 2.05) is 43.3 Å². The quantitative estimate of drug-likeness (QED) is 0.835. The van der Waals surface area contributed by atoms with Crippen LogP contribution >= 0.6 is 27.5 Å². The highest BCUT2D eigenvalue weighted by Gasteiger charge is 2.30. The number of aryl methyl sites for hydroxylation is 1. The van der Waals surface area contributed by atoms with Gasteiger partial charge in [-0.3, -0.25) is 4.79 Å². The molecule has 3 nitrogen and oxygen atoms in total. The lowest BCUT2D eigenvalue weighted by atomic mass is 10.1. The molecule has 0 aromatic heterocycles. The van der Waals surface area contributed by atoms with Crippen LogP contribution in [0.4, 0.5) is 11.4 Å². The molecule has 5 heteroatoms. The van der Waals surface area contributed by atoms with Gasteiger partial charge in [0.25, 0.3) is 5.91 Å². The molecule has 1 amide bonds.